The fourth-order valence-electron chi connectivity index (χ4n) is 4.36. The van der Waals surface area contributed by atoms with Gasteiger partial charge in [0.2, 0.25) is 0 Å². The standard InChI is InChI=1S/C22H35FN4O2/c1-22(2,3)29-21(28)25-15-16-4-7-18(8-5-16)26-10-12-27(13-11-26)20-9-6-17(24)14-19(20)23/h6,9,14,16,18H,4-5,7-8,10-13,15,24H2,1-3H3,(H,25,28). The highest BCUT2D eigenvalue weighted by Crippen LogP contribution is 2.29. The van der Waals surface area contributed by atoms with Crippen molar-refractivity contribution < 1.29 is 13.9 Å². The molecular weight excluding hydrogens is 371 g/mol. The lowest BCUT2D eigenvalue weighted by Crippen LogP contribution is -2.51. The number of benzene rings is 1. The number of nitrogen functional groups attached to an aromatic ring is 1. The smallest absolute Gasteiger partial charge is 0.407 e. The largest absolute Gasteiger partial charge is 0.444 e. The summed E-state index contributed by atoms with van der Waals surface area (Å²) >= 11 is 0. The zero-order valence-corrected chi connectivity index (χ0v) is 17.9. The van der Waals surface area contributed by atoms with Crippen LogP contribution in [0.3, 0.4) is 0 Å². The van der Waals surface area contributed by atoms with Crippen LogP contribution in [0.5, 0.6) is 0 Å². The van der Waals surface area contributed by atoms with Crippen LogP contribution in [0.2, 0.25) is 0 Å². The Labute approximate surface area is 173 Å². The fourth-order valence-corrected chi connectivity index (χ4v) is 4.36. The van der Waals surface area contributed by atoms with E-state index in [0.717, 1.165) is 51.9 Å². The van der Waals surface area contributed by atoms with Gasteiger partial charge in [0.15, 0.2) is 0 Å². The maximum absolute atomic E-state index is 14.2. The molecule has 0 spiro atoms. The third-order valence-electron chi connectivity index (χ3n) is 5.89. The molecule has 0 atom stereocenters. The number of anilines is 2. The van der Waals surface area contributed by atoms with Gasteiger partial charge in [0.05, 0.1) is 5.69 Å². The summed E-state index contributed by atoms with van der Waals surface area (Å²) in [6.45, 7) is 9.88. The van der Waals surface area contributed by atoms with Crippen molar-refractivity contribution >= 4 is 17.5 Å². The van der Waals surface area contributed by atoms with Crippen LogP contribution in [-0.4, -0.2) is 55.4 Å². The molecule has 3 rings (SSSR count). The third kappa shape index (κ3) is 6.23. The van der Waals surface area contributed by atoms with E-state index in [4.69, 9.17) is 10.5 Å². The molecule has 0 unspecified atom stereocenters. The first kappa shape index (κ1) is 21.7. The van der Waals surface area contributed by atoms with Gasteiger partial charge in [0.1, 0.15) is 11.4 Å². The molecule has 1 heterocycles. The van der Waals surface area contributed by atoms with E-state index in [1.807, 2.05) is 20.8 Å². The van der Waals surface area contributed by atoms with Gasteiger partial charge in [-0.1, -0.05) is 0 Å². The number of nitrogens with zero attached hydrogens (tertiary/aromatic N) is 2. The van der Waals surface area contributed by atoms with Crippen LogP contribution in [0.15, 0.2) is 18.2 Å². The Balaban J connectivity index is 1.39. The first-order valence-electron chi connectivity index (χ1n) is 10.7. The molecule has 2 aliphatic rings. The van der Waals surface area contributed by atoms with Crippen molar-refractivity contribution in [2.45, 2.75) is 58.1 Å². The topological polar surface area (TPSA) is 70.8 Å². The van der Waals surface area contributed by atoms with Gasteiger partial charge in [-0.3, -0.25) is 4.90 Å². The Morgan fingerprint density at radius 3 is 2.41 bits per heavy atom. The number of nitrogens with one attached hydrogen (secondary N) is 1. The Bertz CT molecular complexity index is 691. The molecule has 1 saturated carbocycles. The van der Waals surface area contributed by atoms with Crippen LogP contribution < -0.4 is 16.0 Å². The number of hydrogen-bond donors (Lipinski definition) is 2. The number of piperazine rings is 1. The van der Waals surface area contributed by atoms with Gasteiger partial charge < -0.3 is 20.7 Å². The minimum absolute atomic E-state index is 0.239. The molecule has 1 aromatic carbocycles. The number of nitrogens with two attached hydrogens (primary N) is 1. The summed E-state index contributed by atoms with van der Waals surface area (Å²) in [5.74, 6) is 0.278. The number of rotatable bonds is 4. The van der Waals surface area contributed by atoms with E-state index in [-0.39, 0.29) is 11.9 Å². The van der Waals surface area contributed by atoms with Crippen LogP contribution in [0.25, 0.3) is 0 Å². The highest BCUT2D eigenvalue weighted by molar-refractivity contribution is 5.67. The monoisotopic (exact) mass is 406 g/mol. The Morgan fingerprint density at radius 2 is 1.83 bits per heavy atom. The Kier molecular flexibility index (Phi) is 6.88. The Hall–Kier alpha value is -2.02. The fraction of sp³-hybridized carbons (Fsp3) is 0.682. The van der Waals surface area contributed by atoms with E-state index >= 15 is 0 Å². The molecule has 162 valence electrons. The Morgan fingerprint density at radius 1 is 1.17 bits per heavy atom. The molecule has 0 bridgehead atoms. The van der Waals surface area contributed by atoms with Crippen molar-refractivity contribution in [3.63, 3.8) is 0 Å². The van der Waals surface area contributed by atoms with E-state index in [0.29, 0.717) is 29.9 Å². The summed E-state index contributed by atoms with van der Waals surface area (Å²) in [5, 5.41) is 2.91. The lowest BCUT2D eigenvalue weighted by molar-refractivity contribution is 0.0508. The first-order valence-corrected chi connectivity index (χ1v) is 10.7. The minimum atomic E-state index is -0.459. The van der Waals surface area contributed by atoms with Crippen LogP contribution in [0.1, 0.15) is 46.5 Å². The van der Waals surface area contributed by atoms with Crippen molar-refractivity contribution in [1.82, 2.24) is 10.2 Å². The van der Waals surface area contributed by atoms with Crippen LogP contribution in [-0.2, 0) is 4.74 Å². The molecule has 6 nitrogen and oxygen atoms in total. The van der Waals surface area contributed by atoms with Crippen LogP contribution >= 0.6 is 0 Å². The molecule has 1 aliphatic carbocycles. The molecule has 1 amide bonds. The van der Waals surface area contributed by atoms with Gasteiger partial charge in [0.25, 0.3) is 0 Å². The summed E-state index contributed by atoms with van der Waals surface area (Å²) in [6.07, 6.45) is 4.21. The number of carbonyl (C=O) groups excluding carboxylic acids is 1. The second kappa shape index (κ2) is 9.20. The summed E-state index contributed by atoms with van der Waals surface area (Å²) in [7, 11) is 0. The van der Waals surface area contributed by atoms with Crippen LogP contribution in [0.4, 0.5) is 20.6 Å². The molecule has 1 aliphatic heterocycles. The number of carbonyl (C=O) groups is 1. The van der Waals surface area contributed by atoms with Gasteiger partial charge in [0, 0.05) is 44.5 Å². The molecule has 7 heteroatoms. The minimum Gasteiger partial charge on any atom is -0.444 e. The molecule has 1 saturated heterocycles. The second-order valence-electron chi connectivity index (χ2n) is 9.29. The summed E-state index contributed by atoms with van der Waals surface area (Å²) in [4.78, 5) is 16.5. The SMILES string of the molecule is CC(C)(C)OC(=O)NCC1CCC(N2CCN(c3ccc(N)cc3F)CC2)CC1. The highest BCUT2D eigenvalue weighted by Gasteiger charge is 2.29. The third-order valence-corrected chi connectivity index (χ3v) is 5.89. The number of halogens is 1. The van der Waals surface area contributed by atoms with E-state index in [9.17, 15) is 9.18 Å². The molecule has 3 N–H and O–H groups in total. The normalized spacial score (nSPS) is 23.7. The highest BCUT2D eigenvalue weighted by atomic mass is 19.1. The summed E-state index contributed by atoms with van der Waals surface area (Å²) in [5.41, 5.74) is 6.31. The van der Waals surface area contributed by atoms with Gasteiger partial charge in [-0.25, -0.2) is 9.18 Å². The van der Waals surface area contributed by atoms with Gasteiger partial charge in [-0.2, -0.15) is 0 Å². The van der Waals surface area contributed by atoms with Crippen LogP contribution in [0, 0.1) is 11.7 Å². The lowest BCUT2D eigenvalue weighted by Gasteiger charge is -2.42. The first-order chi connectivity index (χ1) is 13.7. The van der Waals surface area contributed by atoms with Crippen molar-refractivity contribution in [2.24, 2.45) is 5.92 Å². The van der Waals surface area contributed by atoms with Crippen molar-refractivity contribution in [3.05, 3.63) is 24.0 Å². The number of hydrogen-bond acceptors (Lipinski definition) is 5. The quantitative estimate of drug-likeness (QED) is 0.748. The summed E-state index contributed by atoms with van der Waals surface area (Å²) < 4.78 is 19.5. The number of ether oxygens (including phenoxy) is 1. The molecule has 2 fully saturated rings. The van der Waals surface area contributed by atoms with Gasteiger partial charge in [-0.15, -0.1) is 0 Å². The van der Waals surface area contributed by atoms with Crippen molar-refractivity contribution in [1.29, 1.82) is 0 Å². The van der Waals surface area contributed by atoms with Crippen molar-refractivity contribution in [2.75, 3.05) is 43.4 Å². The van der Waals surface area contributed by atoms with E-state index in [2.05, 4.69) is 15.1 Å². The maximum atomic E-state index is 14.2. The average molecular weight is 407 g/mol. The number of alkyl carbamates (subject to hydrolysis) is 1. The molecular formula is C22H35FN4O2. The van der Waals surface area contributed by atoms with Crippen molar-refractivity contribution in [3.8, 4) is 0 Å². The maximum Gasteiger partial charge on any atom is 0.407 e. The molecule has 0 radical (unpaired) electrons. The number of amides is 1. The predicted octanol–water partition coefficient (Wildman–Crippen LogP) is 3.61. The van der Waals surface area contributed by atoms with Gasteiger partial charge in [-0.05, 0) is 70.6 Å². The van der Waals surface area contributed by atoms with E-state index in [1.165, 1.54) is 6.07 Å². The van der Waals surface area contributed by atoms with E-state index < -0.39 is 5.60 Å². The van der Waals surface area contributed by atoms with E-state index in [1.54, 1.807) is 12.1 Å². The molecule has 29 heavy (non-hydrogen) atoms. The van der Waals surface area contributed by atoms with Gasteiger partial charge >= 0.3 is 6.09 Å². The predicted molar refractivity (Wildman–Crippen MR) is 115 cm³/mol. The zero-order valence-electron chi connectivity index (χ0n) is 17.9. The molecule has 1 aromatic rings. The summed E-state index contributed by atoms with van der Waals surface area (Å²) in [6, 6.07) is 5.53. The lowest BCUT2D eigenvalue weighted by atomic mass is 9.85. The zero-order chi connectivity index (χ0) is 21.0. The average Bonchev–Trinajstić information content (AvgIpc) is 2.66. The molecule has 0 aromatic heterocycles. The second-order valence-corrected chi connectivity index (χ2v) is 9.29.